The zero-order valence-corrected chi connectivity index (χ0v) is 23.2. The third kappa shape index (κ3) is 6.08. The number of aliphatic carboxylic acids is 1. The van der Waals surface area contributed by atoms with Crippen molar-refractivity contribution in [1.82, 2.24) is 9.21 Å². The molecule has 9 nitrogen and oxygen atoms in total. The fourth-order valence-electron chi connectivity index (χ4n) is 5.39. The van der Waals surface area contributed by atoms with Crippen LogP contribution in [-0.2, 0) is 14.8 Å². The van der Waals surface area contributed by atoms with Gasteiger partial charge < -0.3 is 19.3 Å². The molecule has 2 aliphatic rings. The van der Waals surface area contributed by atoms with E-state index >= 15 is 0 Å². The Morgan fingerprint density at radius 3 is 2.26 bits per heavy atom. The standard InChI is InChI=1S/C28H38N2O7S/c1-4-6-14-30(15-7-5-2)38(33,34)18-29-17-23(21-10-13-24-25(16-21)37-19-36-24)26(28(31)32)27(29)20-8-11-22(35-3)12-9-20/h8-13,16,23,26-27H,4-7,14-15,17-19H2,1-3H3,(H,31,32)/t23?,26-,27+/m0/s1. The highest BCUT2D eigenvalue weighted by Gasteiger charge is 2.49. The van der Waals surface area contributed by atoms with E-state index in [4.69, 9.17) is 14.2 Å². The first kappa shape index (κ1) is 28.2. The van der Waals surface area contributed by atoms with Gasteiger partial charge in [0.05, 0.1) is 13.0 Å². The first-order valence-electron chi connectivity index (χ1n) is 13.3. The smallest absolute Gasteiger partial charge is 0.309 e. The molecule has 1 unspecified atom stereocenters. The van der Waals surface area contributed by atoms with Gasteiger partial charge in [-0.15, -0.1) is 0 Å². The molecule has 10 heteroatoms. The molecule has 208 valence electrons. The molecule has 2 aromatic carbocycles. The molecule has 0 aromatic heterocycles. The van der Waals surface area contributed by atoms with Crippen LogP contribution in [0, 0.1) is 5.92 Å². The highest BCUT2D eigenvalue weighted by atomic mass is 32.2. The van der Waals surface area contributed by atoms with Crippen LogP contribution < -0.4 is 14.2 Å². The Balaban J connectivity index is 1.72. The summed E-state index contributed by atoms with van der Waals surface area (Å²) in [4.78, 5) is 14.6. The highest BCUT2D eigenvalue weighted by molar-refractivity contribution is 7.89. The maximum Gasteiger partial charge on any atom is 0.309 e. The normalized spacial score (nSPS) is 21.2. The number of benzene rings is 2. The van der Waals surface area contributed by atoms with Crippen LogP contribution in [0.5, 0.6) is 17.2 Å². The van der Waals surface area contributed by atoms with Crippen molar-refractivity contribution in [1.29, 1.82) is 0 Å². The van der Waals surface area contributed by atoms with Gasteiger partial charge in [0, 0.05) is 31.6 Å². The van der Waals surface area contributed by atoms with Crippen molar-refractivity contribution in [2.45, 2.75) is 51.5 Å². The van der Waals surface area contributed by atoms with Gasteiger partial charge in [-0.2, -0.15) is 0 Å². The summed E-state index contributed by atoms with van der Waals surface area (Å²) in [5, 5.41) is 10.5. The summed E-state index contributed by atoms with van der Waals surface area (Å²) in [5.74, 6) is -0.682. The minimum atomic E-state index is -3.67. The number of ether oxygens (including phenoxy) is 3. The monoisotopic (exact) mass is 546 g/mol. The number of carboxylic acid groups (broad SMARTS) is 1. The number of sulfonamides is 1. The number of unbranched alkanes of at least 4 members (excludes halogenated alkanes) is 2. The number of carbonyl (C=O) groups is 1. The summed E-state index contributed by atoms with van der Waals surface area (Å²) in [6.07, 6.45) is 3.35. The minimum absolute atomic E-state index is 0.121. The fraction of sp³-hybridized carbons (Fsp3) is 0.536. The molecular weight excluding hydrogens is 508 g/mol. The Bertz CT molecular complexity index is 1190. The molecular formula is C28H38N2O7S. The van der Waals surface area contributed by atoms with Gasteiger partial charge in [0.15, 0.2) is 11.5 Å². The Labute approximate surface area is 225 Å². The van der Waals surface area contributed by atoms with Gasteiger partial charge in [0.2, 0.25) is 16.8 Å². The molecule has 3 atom stereocenters. The van der Waals surface area contributed by atoms with Gasteiger partial charge in [-0.1, -0.05) is 44.9 Å². The second-order valence-corrected chi connectivity index (χ2v) is 11.9. The number of hydrogen-bond acceptors (Lipinski definition) is 7. The lowest BCUT2D eigenvalue weighted by molar-refractivity contribution is -0.143. The molecule has 0 radical (unpaired) electrons. The summed E-state index contributed by atoms with van der Waals surface area (Å²) >= 11 is 0. The molecule has 2 aliphatic heterocycles. The highest BCUT2D eigenvalue weighted by Crippen LogP contribution is 2.48. The molecule has 0 saturated carbocycles. The van der Waals surface area contributed by atoms with Gasteiger partial charge in [-0.05, 0) is 48.2 Å². The number of rotatable bonds is 13. The van der Waals surface area contributed by atoms with Crippen LogP contribution in [0.1, 0.15) is 62.6 Å². The zero-order chi connectivity index (χ0) is 27.3. The van der Waals surface area contributed by atoms with E-state index in [0.29, 0.717) is 30.3 Å². The predicted molar refractivity (Wildman–Crippen MR) is 144 cm³/mol. The van der Waals surface area contributed by atoms with Gasteiger partial charge in [-0.25, -0.2) is 12.7 Å². The molecule has 0 bridgehead atoms. The number of likely N-dealkylation sites (tertiary alicyclic amines) is 1. The summed E-state index contributed by atoms with van der Waals surface area (Å²) in [6.45, 7) is 5.41. The Kier molecular flexibility index (Phi) is 9.17. The number of carboxylic acids is 1. The average Bonchev–Trinajstić information content (AvgIpc) is 3.52. The van der Waals surface area contributed by atoms with Crippen LogP contribution in [0.15, 0.2) is 42.5 Å². The maximum atomic E-state index is 13.7. The van der Waals surface area contributed by atoms with E-state index in [1.165, 1.54) is 0 Å². The maximum absolute atomic E-state index is 13.7. The molecule has 38 heavy (non-hydrogen) atoms. The lowest BCUT2D eigenvalue weighted by atomic mass is 9.83. The van der Waals surface area contributed by atoms with Crippen molar-refractivity contribution < 1.29 is 32.5 Å². The molecule has 2 aromatic rings. The zero-order valence-electron chi connectivity index (χ0n) is 22.3. The summed E-state index contributed by atoms with van der Waals surface area (Å²) in [5.41, 5.74) is 1.53. The molecule has 1 N–H and O–H groups in total. The third-order valence-electron chi connectivity index (χ3n) is 7.41. The number of nitrogens with zero attached hydrogens (tertiary/aromatic N) is 2. The van der Waals surface area contributed by atoms with Crippen LogP contribution in [0.4, 0.5) is 0 Å². The SMILES string of the molecule is CCCCN(CCCC)S(=O)(=O)CN1CC(c2ccc3c(c2)OCO3)[C@H](C(=O)O)[C@H]1c1ccc(OC)cc1. The van der Waals surface area contributed by atoms with Crippen LogP contribution >= 0.6 is 0 Å². The molecule has 4 rings (SSSR count). The Morgan fingerprint density at radius 1 is 1.03 bits per heavy atom. The fourth-order valence-corrected chi connectivity index (χ4v) is 7.06. The predicted octanol–water partition coefficient (Wildman–Crippen LogP) is 4.45. The van der Waals surface area contributed by atoms with Crippen LogP contribution in [-0.4, -0.2) is 68.1 Å². The van der Waals surface area contributed by atoms with Crippen molar-refractivity contribution >= 4 is 16.0 Å². The van der Waals surface area contributed by atoms with E-state index < -0.39 is 33.9 Å². The summed E-state index contributed by atoms with van der Waals surface area (Å²) in [6, 6.07) is 12.0. The van der Waals surface area contributed by atoms with E-state index in [0.717, 1.165) is 36.8 Å². The molecule has 1 saturated heterocycles. The van der Waals surface area contributed by atoms with Crippen LogP contribution in [0.3, 0.4) is 0 Å². The van der Waals surface area contributed by atoms with Crippen molar-refractivity contribution in [2.75, 3.05) is 39.4 Å². The topological polar surface area (TPSA) is 106 Å². The van der Waals surface area contributed by atoms with Gasteiger partial charge in [0.25, 0.3) is 0 Å². The van der Waals surface area contributed by atoms with Crippen molar-refractivity contribution in [3.05, 3.63) is 53.6 Å². The van der Waals surface area contributed by atoms with Crippen molar-refractivity contribution in [2.24, 2.45) is 5.92 Å². The second-order valence-electron chi connectivity index (χ2n) is 9.92. The van der Waals surface area contributed by atoms with Crippen molar-refractivity contribution in [3.63, 3.8) is 0 Å². The molecule has 2 heterocycles. The number of hydrogen-bond donors (Lipinski definition) is 1. The molecule has 0 spiro atoms. The largest absolute Gasteiger partial charge is 0.497 e. The first-order chi connectivity index (χ1) is 18.3. The lowest BCUT2D eigenvalue weighted by Gasteiger charge is -2.30. The van der Waals surface area contributed by atoms with Crippen molar-refractivity contribution in [3.8, 4) is 17.2 Å². The Hall–Kier alpha value is -2.82. The van der Waals surface area contributed by atoms with Gasteiger partial charge >= 0.3 is 5.97 Å². The van der Waals surface area contributed by atoms with E-state index in [1.807, 2.05) is 43.0 Å². The van der Waals surface area contributed by atoms with Crippen LogP contribution in [0.2, 0.25) is 0 Å². The third-order valence-corrected chi connectivity index (χ3v) is 9.22. The number of methoxy groups -OCH3 is 1. The van der Waals surface area contributed by atoms with Gasteiger partial charge in [-0.3, -0.25) is 9.69 Å². The minimum Gasteiger partial charge on any atom is -0.497 e. The average molecular weight is 547 g/mol. The summed E-state index contributed by atoms with van der Waals surface area (Å²) < 4.78 is 45.3. The number of fused-ring (bicyclic) bond motifs is 1. The quantitative estimate of drug-likeness (QED) is 0.393. The molecule has 1 fully saturated rings. The van der Waals surface area contributed by atoms with Gasteiger partial charge in [0.1, 0.15) is 11.6 Å². The Morgan fingerprint density at radius 2 is 1.66 bits per heavy atom. The van der Waals surface area contributed by atoms with E-state index in [9.17, 15) is 18.3 Å². The lowest BCUT2D eigenvalue weighted by Crippen LogP contribution is -2.41. The summed E-state index contributed by atoms with van der Waals surface area (Å²) in [7, 11) is -2.10. The molecule has 0 amide bonds. The van der Waals surface area contributed by atoms with E-state index in [-0.39, 0.29) is 19.2 Å². The second kappa shape index (κ2) is 12.4. The van der Waals surface area contributed by atoms with E-state index in [2.05, 4.69) is 0 Å². The van der Waals surface area contributed by atoms with E-state index in [1.54, 1.807) is 29.6 Å². The van der Waals surface area contributed by atoms with Crippen LogP contribution in [0.25, 0.3) is 0 Å². The first-order valence-corrected chi connectivity index (χ1v) is 14.9. The molecule has 0 aliphatic carbocycles.